The second-order valence-electron chi connectivity index (χ2n) is 8.52. The van der Waals surface area contributed by atoms with Crippen LogP contribution in [0.1, 0.15) is 25.3 Å². The number of para-hydroxylation sites is 1. The molecule has 6 nitrogen and oxygen atoms in total. The van der Waals surface area contributed by atoms with Crippen LogP contribution in [0.4, 0.5) is 10.8 Å². The minimum atomic E-state index is -0.336. The molecule has 0 unspecified atom stereocenters. The first-order valence-corrected chi connectivity index (χ1v) is 12.2. The molecule has 0 aliphatic carbocycles. The van der Waals surface area contributed by atoms with E-state index in [1.54, 1.807) is 11.0 Å². The number of carbonyl (C=O) groups is 1. The number of hydrogen-bond acceptors (Lipinski definition) is 5. The summed E-state index contributed by atoms with van der Waals surface area (Å²) in [5.41, 5.74) is 3.87. The van der Waals surface area contributed by atoms with E-state index >= 15 is 0 Å². The van der Waals surface area contributed by atoms with E-state index in [0.717, 1.165) is 15.8 Å². The molecule has 174 valence electrons. The van der Waals surface area contributed by atoms with Gasteiger partial charge in [0.25, 0.3) is 11.5 Å². The summed E-state index contributed by atoms with van der Waals surface area (Å²) in [5, 5.41) is 5.03. The predicted molar refractivity (Wildman–Crippen MR) is 141 cm³/mol. The molecule has 0 spiro atoms. The first kappa shape index (κ1) is 22.7. The third-order valence-corrected chi connectivity index (χ3v) is 6.78. The van der Waals surface area contributed by atoms with Gasteiger partial charge in [-0.25, -0.2) is 9.67 Å². The maximum absolute atomic E-state index is 13.7. The van der Waals surface area contributed by atoms with Crippen molar-refractivity contribution in [1.29, 1.82) is 0 Å². The zero-order chi connectivity index (χ0) is 24.4. The number of benzene rings is 3. The average molecular weight is 481 g/mol. The summed E-state index contributed by atoms with van der Waals surface area (Å²) >= 11 is 1.44. The van der Waals surface area contributed by atoms with Crippen LogP contribution in [0.3, 0.4) is 0 Å². The highest BCUT2D eigenvalue weighted by molar-refractivity contribution is 7.22. The van der Waals surface area contributed by atoms with E-state index in [1.165, 1.54) is 27.6 Å². The normalized spacial score (nSPS) is 11.2. The quantitative estimate of drug-likeness (QED) is 0.299. The fourth-order valence-electron chi connectivity index (χ4n) is 3.85. The molecule has 0 aliphatic heterocycles. The lowest BCUT2D eigenvalue weighted by molar-refractivity contribution is -0.118. The van der Waals surface area contributed by atoms with Crippen LogP contribution in [0.5, 0.6) is 0 Å². The van der Waals surface area contributed by atoms with Crippen molar-refractivity contribution in [3.63, 3.8) is 0 Å². The first-order chi connectivity index (χ1) is 17.0. The Bertz CT molecular complexity index is 1510. The third kappa shape index (κ3) is 4.76. The lowest BCUT2D eigenvalue weighted by Crippen LogP contribution is -2.34. The lowest BCUT2D eigenvalue weighted by atomic mass is 10.0. The summed E-state index contributed by atoms with van der Waals surface area (Å²) in [5.74, 6) is 0.0836. The Morgan fingerprint density at radius 2 is 1.63 bits per heavy atom. The van der Waals surface area contributed by atoms with Gasteiger partial charge in [-0.3, -0.25) is 14.5 Å². The van der Waals surface area contributed by atoms with Gasteiger partial charge in [-0.15, -0.1) is 0 Å². The van der Waals surface area contributed by atoms with Crippen LogP contribution < -0.4 is 10.5 Å². The van der Waals surface area contributed by atoms with Crippen LogP contribution in [-0.4, -0.2) is 20.7 Å². The molecule has 3 aromatic carbocycles. The second-order valence-corrected chi connectivity index (χ2v) is 9.53. The summed E-state index contributed by atoms with van der Waals surface area (Å²) in [6.45, 7) is 4.05. The highest BCUT2D eigenvalue weighted by atomic mass is 32.1. The second kappa shape index (κ2) is 9.64. The van der Waals surface area contributed by atoms with Crippen molar-refractivity contribution in [3.05, 3.63) is 107 Å². The van der Waals surface area contributed by atoms with Crippen LogP contribution in [0.15, 0.2) is 95.8 Å². The van der Waals surface area contributed by atoms with Gasteiger partial charge in [-0.2, -0.15) is 5.10 Å². The van der Waals surface area contributed by atoms with Gasteiger partial charge in [-0.1, -0.05) is 79.8 Å². The van der Waals surface area contributed by atoms with E-state index in [1.807, 2.05) is 78.9 Å². The van der Waals surface area contributed by atoms with E-state index < -0.39 is 0 Å². The Morgan fingerprint density at radius 3 is 2.34 bits per heavy atom. The molecule has 0 N–H and O–H groups in total. The maximum atomic E-state index is 13.7. The Balaban J connectivity index is 1.54. The van der Waals surface area contributed by atoms with Gasteiger partial charge in [0.05, 0.1) is 21.6 Å². The van der Waals surface area contributed by atoms with Gasteiger partial charge in [0.1, 0.15) is 6.54 Å². The number of nitrogens with zero attached hydrogens (tertiary/aromatic N) is 4. The molecule has 0 fully saturated rings. The number of hydrogen-bond donors (Lipinski definition) is 0. The third-order valence-electron chi connectivity index (χ3n) is 5.76. The largest absolute Gasteiger partial charge is 0.272 e. The molecule has 7 heteroatoms. The predicted octanol–water partition coefficient (Wildman–Crippen LogP) is 6.01. The molecular formula is C28H24N4O2S. The van der Waals surface area contributed by atoms with Gasteiger partial charge in [-0.05, 0) is 41.8 Å². The van der Waals surface area contributed by atoms with E-state index in [2.05, 4.69) is 18.9 Å². The fourth-order valence-corrected chi connectivity index (χ4v) is 4.85. The van der Waals surface area contributed by atoms with Crippen molar-refractivity contribution in [3.8, 4) is 11.3 Å². The van der Waals surface area contributed by atoms with Gasteiger partial charge in [0.2, 0.25) is 0 Å². The van der Waals surface area contributed by atoms with Gasteiger partial charge in [0, 0.05) is 11.6 Å². The molecule has 35 heavy (non-hydrogen) atoms. The molecule has 0 saturated heterocycles. The van der Waals surface area contributed by atoms with Gasteiger partial charge >= 0.3 is 0 Å². The molecule has 0 saturated carbocycles. The monoisotopic (exact) mass is 480 g/mol. The van der Waals surface area contributed by atoms with Crippen molar-refractivity contribution in [2.45, 2.75) is 26.3 Å². The van der Waals surface area contributed by atoms with Crippen molar-refractivity contribution in [2.75, 3.05) is 4.90 Å². The number of rotatable bonds is 6. The topological polar surface area (TPSA) is 68.1 Å². The highest BCUT2D eigenvalue weighted by Crippen LogP contribution is 2.34. The van der Waals surface area contributed by atoms with Crippen LogP contribution in [0.2, 0.25) is 0 Å². The molecular weight excluding hydrogens is 456 g/mol. The molecule has 0 atom stereocenters. The highest BCUT2D eigenvalue weighted by Gasteiger charge is 2.23. The lowest BCUT2D eigenvalue weighted by Gasteiger charge is -2.21. The average Bonchev–Trinajstić information content (AvgIpc) is 3.30. The Hall–Kier alpha value is -4.10. The summed E-state index contributed by atoms with van der Waals surface area (Å²) < 4.78 is 2.20. The van der Waals surface area contributed by atoms with Crippen LogP contribution in [0, 0.1) is 0 Å². The number of anilines is 2. The summed E-state index contributed by atoms with van der Waals surface area (Å²) in [7, 11) is 0. The van der Waals surface area contributed by atoms with Crippen LogP contribution >= 0.6 is 11.3 Å². The number of thiazole rings is 1. The molecule has 2 heterocycles. The molecule has 5 rings (SSSR count). The smallest absolute Gasteiger partial charge is 0.267 e. The van der Waals surface area contributed by atoms with Gasteiger partial charge < -0.3 is 0 Å². The minimum Gasteiger partial charge on any atom is -0.272 e. The Labute approximate surface area is 207 Å². The van der Waals surface area contributed by atoms with Crippen molar-refractivity contribution < 1.29 is 4.79 Å². The maximum Gasteiger partial charge on any atom is 0.267 e. The van der Waals surface area contributed by atoms with Crippen LogP contribution in [0.25, 0.3) is 21.5 Å². The molecule has 0 aliphatic rings. The first-order valence-electron chi connectivity index (χ1n) is 11.4. The molecule has 0 radical (unpaired) electrons. The standard InChI is InChI=1S/C28H24N4O2S/c1-19(2)20-12-14-22(15-13-20)32(28-29-24-10-6-7-11-25(24)35-28)27(34)18-31-26(33)17-16-23(30-31)21-8-4-3-5-9-21/h3-17,19H,18H2,1-2H3. The van der Waals surface area contributed by atoms with Crippen molar-refractivity contribution >= 4 is 38.3 Å². The Morgan fingerprint density at radius 1 is 0.914 bits per heavy atom. The number of aromatic nitrogens is 3. The summed E-state index contributed by atoms with van der Waals surface area (Å²) in [6, 6.07) is 28.4. The SMILES string of the molecule is CC(C)c1ccc(N(C(=O)Cn2nc(-c3ccccc3)ccc2=O)c2nc3ccccc3s2)cc1. The zero-order valence-corrected chi connectivity index (χ0v) is 20.3. The summed E-state index contributed by atoms with van der Waals surface area (Å²) in [6.07, 6.45) is 0. The summed E-state index contributed by atoms with van der Waals surface area (Å²) in [4.78, 5) is 32.6. The number of fused-ring (bicyclic) bond motifs is 1. The number of amides is 1. The van der Waals surface area contributed by atoms with E-state index in [9.17, 15) is 9.59 Å². The zero-order valence-electron chi connectivity index (χ0n) is 19.5. The van der Waals surface area contributed by atoms with E-state index in [-0.39, 0.29) is 18.0 Å². The molecule has 2 aromatic heterocycles. The fraction of sp³-hybridized carbons (Fsp3) is 0.143. The van der Waals surface area contributed by atoms with Gasteiger partial charge in [0.15, 0.2) is 5.13 Å². The van der Waals surface area contributed by atoms with Crippen molar-refractivity contribution in [2.24, 2.45) is 0 Å². The molecule has 5 aromatic rings. The molecule has 0 bridgehead atoms. The minimum absolute atomic E-state index is 0.207. The number of carbonyl (C=O) groups excluding carboxylic acids is 1. The van der Waals surface area contributed by atoms with Crippen LogP contribution in [-0.2, 0) is 11.3 Å². The van der Waals surface area contributed by atoms with Crippen molar-refractivity contribution in [1.82, 2.24) is 14.8 Å². The van der Waals surface area contributed by atoms with E-state index in [4.69, 9.17) is 4.98 Å². The molecule has 1 amide bonds. The van der Waals surface area contributed by atoms with E-state index in [0.29, 0.717) is 22.4 Å². The Kier molecular flexibility index (Phi) is 6.25.